The minimum Gasteiger partial charge on any atom is -0.489 e. The summed E-state index contributed by atoms with van der Waals surface area (Å²) in [6, 6.07) is 11.7. The molecule has 0 radical (unpaired) electrons. The van der Waals surface area contributed by atoms with Gasteiger partial charge in [0.15, 0.2) is 9.84 Å². The van der Waals surface area contributed by atoms with Crippen LogP contribution < -0.4 is 4.74 Å². The van der Waals surface area contributed by atoms with Crippen LogP contribution in [0.4, 0.5) is 0 Å². The maximum absolute atomic E-state index is 12.1. The highest BCUT2D eigenvalue weighted by Crippen LogP contribution is 2.22. The quantitative estimate of drug-likeness (QED) is 0.592. The molecule has 0 unspecified atom stereocenters. The molecule has 2 rings (SSSR count). The summed E-state index contributed by atoms with van der Waals surface area (Å²) in [5.74, 6) is 0.567. The zero-order chi connectivity index (χ0) is 19.0. The first-order valence-electron chi connectivity index (χ1n) is 8.00. The summed E-state index contributed by atoms with van der Waals surface area (Å²) >= 11 is 0. The molecule has 26 heavy (non-hydrogen) atoms. The average molecular weight is 378 g/mol. The Morgan fingerprint density at radius 1 is 0.962 bits per heavy atom. The molecule has 0 aliphatic heterocycles. The molecule has 0 heterocycles. The second-order valence-corrected chi connectivity index (χ2v) is 7.77. The van der Waals surface area contributed by atoms with Gasteiger partial charge in [-0.15, -0.1) is 0 Å². The van der Waals surface area contributed by atoms with Crippen LogP contribution in [0.25, 0.3) is 0 Å². The zero-order valence-corrected chi connectivity index (χ0v) is 15.6. The van der Waals surface area contributed by atoms with Gasteiger partial charge in [0.25, 0.3) is 0 Å². The Morgan fingerprint density at radius 3 is 2.31 bits per heavy atom. The standard InChI is InChI=1S/C19H22O6S/c1-23-9-10-26(21,22)18-6-3-15(4-7-18)13-25-19-8-5-16(12-20)11-17(19)14-24-2/h3-8,11-12H,9-10,13-14H2,1-2H3. The molecule has 0 saturated heterocycles. The second-order valence-electron chi connectivity index (χ2n) is 5.66. The molecule has 0 bridgehead atoms. The minimum absolute atomic E-state index is 0.0528. The van der Waals surface area contributed by atoms with Crippen LogP contribution in [0, 0.1) is 0 Å². The summed E-state index contributed by atoms with van der Waals surface area (Å²) in [4.78, 5) is 11.2. The van der Waals surface area contributed by atoms with E-state index in [1.54, 1.807) is 49.6 Å². The third kappa shape index (κ3) is 5.39. The van der Waals surface area contributed by atoms with Gasteiger partial charge in [-0.25, -0.2) is 8.42 Å². The van der Waals surface area contributed by atoms with Crippen molar-refractivity contribution in [3.05, 3.63) is 59.2 Å². The Balaban J connectivity index is 2.07. The van der Waals surface area contributed by atoms with E-state index in [9.17, 15) is 13.2 Å². The molecule has 0 fully saturated rings. The van der Waals surface area contributed by atoms with Gasteiger partial charge in [-0.2, -0.15) is 0 Å². The lowest BCUT2D eigenvalue weighted by molar-refractivity contribution is 0.112. The lowest BCUT2D eigenvalue weighted by atomic mass is 10.1. The summed E-state index contributed by atoms with van der Waals surface area (Å²) < 4.78 is 40.0. The van der Waals surface area contributed by atoms with E-state index in [0.717, 1.165) is 17.4 Å². The summed E-state index contributed by atoms with van der Waals surface area (Å²) in [5, 5.41) is 0. The van der Waals surface area contributed by atoms with Crippen molar-refractivity contribution in [1.29, 1.82) is 0 Å². The molecule has 7 heteroatoms. The maximum atomic E-state index is 12.1. The van der Waals surface area contributed by atoms with Crippen molar-refractivity contribution in [1.82, 2.24) is 0 Å². The highest BCUT2D eigenvalue weighted by atomic mass is 32.2. The summed E-state index contributed by atoms with van der Waals surface area (Å²) in [6.07, 6.45) is 0.770. The van der Waals surface area contributed by atoms with Crippen LogP contribution in [-0.4, -0.2) is 41.3 Å². The summed E-state index contributed by atoms with van der Waals surface area (Å²) in [6.45, 7) is 0.759. The van der Waals surface area contributed by atoms with Crippen molar-refractivity contribution in [2.45, 2.75) is 18.1 Å². The number of ether oxygens (including phenoxy) is 3. The van der Waals surface area contributed by atoms with Gasteiger partial charge in [0.05, 0.1) is 23.9 Å². The molecule has 0 spiro atoms. The number of sulfone groups is 1. The SMILES string of the molecule is COCCS(=O)(=O)c1ccc(COc2ccc(C=O)cc2COC)cc1. The van der Waals surface area contributed by atoms with E-state index in [4.69, 9.17) is 14.2 Å². The smallest absolute Gasteiger partial charge is 0.180 e. The summed E-state index contributed by atoms with van der Waals surface area (Å²) in [7, 11) is -0.306. The lowest BCUT2D eigenvalue weighted by Gasteiger charge is -2.12. The number of rotatable bonds is 10. The Morgan fingerprint density at radius 2 is 1.69 bits per heavy atom. The fraction of sp³-hybridized carbons (Fsp3) is 0.316. The summed E-state index contributed by atoms with van der Waals surface area (Å²) in [5.41, 5.74) is 2.16. The van der Waals surface area contributed by atoms with Crippen LogP contribution in [0.5, 0.6) is 5.75 Å². The molecule has 0 aromatic heterocycles. The normalized spacial score (nSPS) is 11.3. The second kappa shape index (κ2) is 9.47. The Hall–Kier alpha value is -2.22. The largest absolute Gasteiger partial charge is 0.489 e. The van der Waals surface area contributed by atoms with E-state index in [1.165, 1.54) is 7.11 Å². The van der Waals surface area contributed by atoms with Crippen LogP contribution in [0.1, 0.15) is 21.5 Å². The van der Waals surface area contributed by atoms with Gasteiger partial charge in [-0.05, 0) is 35.9 Å². The van der Waals surface area contributed by atoms with Gasteiger partial charge in [0, 0.05) is 25.3 Å². The number of hydrogen-bond acceptors (Lipinski definition) is 6. The molecule has 0 aliphatic carbocycles. The number of methoxy groups -OCH3 is 2. The topological polar surface area (TPSA) is 78.9 Å². The van der Waals surface area contributed by atoms with Crippen molar-refractivity contribution in [3.8, 4) is 5.75 Å². The third-order valence-electron chi connectivity index (χ3n) is 3.75. The van der Waals surface area contributed by atoms with Crippen LogP contribution in [0.15, 0.2) is 47.4 Å². The van der Waals surface area contributed by atoms with Crippen LogP contribution >= 0.6 is 0 Å². The predicted molar refractivity (Wildman–Crippen MR) is 97.2 cm³/mol. The fourth-order valence-corrected chi connectivity index (χ4v) is 3.52. The molecule has 0 atom stereocenters. The van der Waals surface area contributed by atoms with Gasteiger partial charge in [-0.3, -0.25) is 4.79 Å². The monoisotopic (exact) mass is 378 g/mol. The lowest BCUT2D eigenvalue weighted by Crippen LogP contribution is -2.11. The number of carbonyl (C=O) groups excluding carboxylic acids is 1. The van der Waals surface area contributed by atoms with E-state index in [0.29, 0.717) is 17.9 Å². The highest BCUT2D eigenvalue weighted by molar-refractivity contribution is 7.91. The molecule has 2 aromatic rings. The number of hydrogen-bond donors (Lipinski definition) is 0. The first-order valence-corrected chi connectivity index (χ1v) is 9.66. The Bertz CT molecular complexity index is 828. The number of carbonyl (C=O) groups is 1. The molecule has 0 amide bonds. The van der Waals surface area contributed by atoms with Crippen molar-refractivity contribution in [3.63, 3.8) is 0 Å². The van der Waals surface area contributed by atoms with E-state index >= 15 is 0 Å². The van der Waals surface area contributed by atoms with Crippen molar-refractivity contribution in [2.75, 3.05) is 26.6 Å². The number of benzene rings is 2. The fourth-order valence-electron chi connectivity index (χ4n) is 2.35. The maximum Gasteiger partial charge on any atom is 0.180 e. The van der Waals surface area contributed by atoms with Crippen molar-refractivity contribution < 1.29 is 27.4 Å². The van der Waals surface area contributed by atoms with E-state index < -0.39 is 9.84 Å². The van der Waals surface area contributed by atoms with Gasteiger partial charge in [-0.1, -0.05) is 12.1 Å². The highest BCUT2D eigenvalue weighted by Gasteiger charge is 2.14. The Labute approximate surface area is 153 Å². The van der Waals surface area contributed by atoms with Crippen LogP contribution in [0.3, 0.4) is 0 Å². The Kier molecular flexibility index (Phi) is 7.32. The van der Waals surface area contributed by atoms with Gasteiger partial charge in [0.1, 0.15) is 18.6 Å². The number of aldehydes is 1. The average Bonchev–Trinajstić information content (AvgIpc) is 2.66. The van der Waals surface area contributed by atoms with Crippen molar-refractivity contribution >= 4 is 16.1 Å². The van der Waals surface area contributed by atoms with Gasteiger partial charge < -0.3 is 14.2 Å². The zero-order valence-electron chi connectivity index (χ0n) is 14.8. The predicted octanol–water partition coefficient (Wildman–Crippen LogP) is 2.64. The molecule has 140 valence electrons. The minimum atomic E-state index is -3.34. The van der Waals surface area contributed by atoms with E-state index in [1.807, 2.05) is 0 Å². The molecule has 0 N–H and O–H groups in total. The molecule has 0 saturated carbocycles. The van der Waals surface area contributed by atoms with Gasteiger partial charge in [0.2, 0.25) is 0 Å². The molecular weight excluding hydrogens is 356 g/mol. The van der Waals surface area contributed by atoms with E-state index in [-0.39, 0.29) is 23.9 Å². The van der Waals surface area contributed by atoms with Crippen LogP contribution in [0.2, 0.25) is 0 Å². The molecule has 2 aromatic carbocycles. The molecular formula is C19H22O6S. The molecule has 0 aliphatic rings. The van der Waals surface area contributed by atoms with Crippen LogP contribution in [-0.2, 0) is 32.5 Å². The first kappa shape index (κ1) is 20.1. The third-order valence-corrected chi connectivity index (χ3v) is 5.45. The van der Waals surface area contributed by atoms with Crippen molar-refractivity contribution in [2.24, 2.45) is 0 Å². The first-order chi connectivity index (χ1) is 12.5. The van der Waals surface area contributed by atoms with E-state index in [2.05, 4.69) is 0 Å². The molecule has 6 nitrogen and oxygen atoms in total. The van der Waals surface area contributed by atoms with Gasteiger partial charge >= 0.3 is 0 Å².